The number of para-hydroxylation sites is 2. The van der Waals surface area contributed by atoms with Crippen LogP contribution in [0.25, 0.3) is 0 Å². The average Bonchev–Trinajstić information content (AvgIpc) is 2.46. The predicted octanol–water partition coefficient (Wildman–Crippen LogP) is 1.54. The minimum absolute atomic E-state index is 0.238. The van der Waals surface area contributed by atoms with Gasteiger partial charge in [0.15, 0.2) is 5.96 Å². The lowest BCUT2D eigenvalue weighted by Gasteiger charge is -2.37. The molecular weight excluding hydrogens is 252 g/mol. The molecule has 5 nitrogen and oxygen atoms in total. The molecule has 2 rings (SSSR count). The molecule has 0 spiro atoms. The highest BCUT2D eigenvalue weighted by molar-refractivity contribution is 5.78. The Morgan fingerprint density at radius 2 is 1.85 bits per heavy atom. The molecule has 5 heteroatoms. The molecule has 1 fully saturated rings. The number of nitrogens with two attached hydrogens (primary N) is 1. The summed E-state index contributed by atoms with van der Waals surface area (Å²) in [6.07, 6.45) is 0. The van der Waals surface area contributed by atoms with E-state index in [1.54, 1.807) is 7.11 Å². The molecule has 1 heterocycles. The first-order chi connectivity index (χ1) is 9.61. The number of nitrogens with zero attached hydrogens (tertiary/aromatic N) is 3. The van der Waals surface area contributed by atoms with E-state index in [2.05, 4.69) is 20.9 Å². The van der Waals surface area contributed by atoms with E-state index in [1.165, 1.54) is 0 Å². The quantitative estimate of drug-likeness (QED) is 0.672. The number of hydrogen-bond acceptors (Lipinski definition) is 3. The van der Waals surface area contributed by atoms with Crippen LogP contribution < -0.4 is 15.4 Å². The number of rotatable bonds is 3. The molecule has 1 saturated heterocycles. The van der Waals surface area contributed by atoms with Crippen molar-refractivity contribution in [3.05, 3.63) is 24.3 Å². The summed E-state index contributed by atoms with van der Waals surface area (Å²) in [6.45, 7) is 7.71. The third-order valence-electron chi connectivity index (χ3n) is 3.42. The summed E-state index contributed by atoms with van der Waals surface area (Å²) in [5.41, 5.74) is 7.17. The molecule has 2 N–H and O–H groups in total. The standard InChI is InChI=1S/C15H24N4O/c1-12(2)17-15(16)19-10-8-18(9-11-19)13-6-4-5-7-14(13)20-3/h4-7,12H,8-11H2,1-3H3,(H2,16,17). The van der Waals surface area contributed by atoms with Crippen LogP contribution in [0.4, 0.5) is 5.69 Å². The van der Waals surface area contributed by atoms with Crippen molar-refractivity contribution in [3.8, 4) is 5.75 Å². The van der Waals surface area contributed by atoms with Gasteiger partial charge in [-0.1, -0.05) is 12.1 Å². The van der Waals surface area contributed by atoms with Crippen LogP contribution in [0.5, 0.6) is 5.75 Å². The van der Waals surface area contributed by atoms with E-state index in [4.69, 9.17) is 10.5 Å². The monoisotopic (exact) mass is 276 g/mol. The Morgan fingerprint density at radius 3 is 2.45 bits per heavy atom. The van der Waals surface area contributed by atoms with Crippen LogP contribution in [-0.4, -0.2) is 50.2 Å². The molecule has 0 saturated carbocycles. The number of hydrogen-bond donors (Lipinski definition) is 1. The van der Waals surface area contributed by atoms with Gasteiger partial charge in [0.25, 0.3) is 0 Å². The van der Waals surface area contributed by atoms with E-state index in [9.17, 15) is 0 Å². The van der Waals surface area contributed by atoms with Crippen LogP contribution in [0, 0.1) is 0 Å². The third-order valence-corrected chi connectivity index (χ3v) is 3.42. The first-order valence-electron chi connectivity index (χ1n) is 7.08. The lowest BCUT2D eigenvalue weighted by atomic mass is 10.2. The zero-order chi connectivity index (χ0) is 14.5. The van der Waals surface area contributed by atoms with Crippen LogP contribution in [0.1, 0.15) is 13.8 Å². The Hall–Kier alpha value is -1.91. The molecule has 1 aliphatic heterocycles. The fraction of sp³-hybridized carbons (Fsp3) is 0.533. The molecule has 0 unspecified atom stereocenters. The highest BCUT2D eigenvalue weighted by atomic mass is 16.5. The smallest absolute Gasteiger partial charge is 0.191 e. The van der Waals surface area contributed by atoms with Gasteiger partial charge in [-0.05, 0) is 26.0 Å². The van der Waals surface area contributed by atoms with Gasteiger partial charge in [-0.3, -0.25) is 4.99 Å². The van der Waals surface area contributed by atoms with E-state index in [0.717, 1.165) is 37.6 Å². The second kappa shape index (κ2) is 6.50. The Labute approximate surface area is 121 Å². The summed E-state index contributed by atoms with van der Waals surface area (Å²) >= 11 is 0. The normalized spacial score (nSPS) is 16.7. The van der Waals surface area contributed by atoms with Gasteiger partial charge in [0.1, 0.15) is 5.75 Å². The predicted molar refractivity (Wildman–Crippen MR) is 83.5 cm³/mol. The second-order valence-electron chi connectivity index (χ2n) is 5.23. The maximum atomic E-state index is 6.02. The molecule has 20 heavy (non-hydrogen) atoms. The van der Waals surface area contributed by atoms with Crippen LogP contribution in [0.15, 0.2) is 29.3 Å². The molecule has 0 amide bonds. The van der Waals surface area contributed by atoms with Crippen molar-refractivity contribution in [2.45, 2.75) is 19.9 Å². The largest absolute Gasteiger partial charge is 0.495 e. The van der Waals surface area contributed by atoms with Crippen LogP contribution in [0.3, 0.4) is 0 Å². The van der Waals surface area contributed by atoms with Crippen LogP contribution >= 0.6 is 0 Å². The maximum Gasteiger partial charge on any atom is 0.191 e. The van der Waals surface area contributed by atoms with Crippen molar-refractivity contribution in [1.82, 2.24) is 4.90 Å². The zero-order valence-electron chi connectivity index (χ0n) is 12.5. The fourth-order valence-electron chi connectivity index (χ4n) is 2.41. The van der Waals surface area contributed by atoms with Gasteiger partial charge >= 0.3 is 0 Å². The molecule has 110 valence electrons. The van der Waals surface area contributed by atoms with Gasteiger partial charge in [-0.15, -0.1) is 0 Å². The Morgan fingerprint density at radius 1 is 1.20 bits per heavy atom. The molecule has 0 bridgehead atoms. The van der Waals surface area contributed by atoms with Crippen molar-refractivity contribution < 1.29 is 4.74 Å². The molecule has 0 aromatic heterocycles. The van der Waals surface area contributed by atoms with Crippen molar-refractivity contribution >= 4 is 11.6 Å². The molecule has 0 atom stereocenters. The highest BCUT2D eigenvalue weighted by Crippen LogP contribution is 2.28. The first-order valence-corrected chi connectivity index (χ1v) is 7.08. The Bertz CT molecular complexity index is 465. The van der Waals surface area contributed by atoms with Gasteiger partial charge < -0.3 is 20.3 Å². The molecule has 1 aliphatic rings. The van der Waals surface area contributed by atoms with E-state index in [0.29, 0.717) is 5.96 Å². The summed E-state index contributed by atoms with van der Waals surface area (Å²) < 4.78 is 5.42. The lowest BCUT2D eigenvalue weighted by Crippen LogP contribution is -2.51. The highest BCUT2D eigenvalue weighted by Gasteiger charge is 2.20. The molecule has 0 radical (unpaired) electrons. The number of guanidine groups is 1. The van der Waals surface area contributed by atoms with Gasteiger partial charge in [0, 0.05) is 32.2 Å². The lowest BCUT2D eigenvalue weighted by molar-refractivity contribution is 0.373. The van der Waals surface area contributed by atoms with Crippen LogP contribution in [0.2, 0.25) is 0 Å². The minimum Gasteiger partial charge on any atom is -0.495 e. The van der Waals surface area contributed by atoms with Crippen molar-refractivity contribution in [2.75, 3.05) is 38.2 Å². The van der Waals surface area contributed by atoms with E-state index < -0.39 is 0 Å². The van der Waals surface area contributed by atoms with Gasteiger partial charge in [-0.2, -0.15) is 0 Å². The second-order valence-corrected chi connectivity index (χ2v) is 5.23. The van der Waals surface area contributed by atoms with Crippen molar-refractivity contribution in [3.63, 3.8) is 0 Å². The van der Waals surface area contributed by atoms with Gasteiger partial charge in [0.2, 0.25) is 0 Å². The number of piperazine rings is 1. The maximum absolute atomic E-state index is 6.02. The fourth-order valence-corrected chi connectivity index (χ4v) is 2.41. The summed E-state index contributed by atoms with van der Waals surface area (Å²) in [7, 11) is 1.71. The summed E-state index contributed by atoms with van der Waals surface area (Å²) in [5, 5.41) is 0. The number of ether oxygens (including phenoxy) is 1. The minimum atomic E-state index is 0.238. The number of aliphatic imine (C=N–C) groups is 1. The summed E-state index contributed by atoms with van der Waals surface area (Å²) in [4.78, 5) is 8.89. The molecule has 0 aliphatic carbocycles. The third kappa shape index (κ3) is 3.35. The topological polar surface area (TPSA) is 54.1 Å². The Kier molecular flexibility index (Phi) is 4.71. The van der Waals surface area contributed by atoms with Crippen molar-refractivity contribution in [1.29, 1.82) is 0 Å². The molecule has 1 aromatic carbocycles. The number of benzene rings is 1. The summed E-state index contributed by atoms with van der Waals surface area (Å²) in [6, 6.07) is 8.36. The average molecular weight is 276 g/mol. The Balaban J connectivity index is 2.01. The molecule has 1 aromatic rings. The number of anilines is 1. The SMILES string of the molecule is COc1ccccc1N1CCN(C(N)=NC(C)C)CC1. The van der Waals surface area contributed by atoms with E-state index in [1.807, 2.05) is 32.0 Å². The first kappa shape index (κ1) is 14.5. The van der Waals surface area contributed by atoms with Gasteiger partial charge in [-0.25, -0.2) is 0 Å². The summed E-state index contributed by atoms with van der Waals surface area (Å²) in [5.74, 6) is 1.57. The van der Waals surface area contributed by atoms with E-state index >= 15 is 0 Å². The zero-order valence-corrected chi connectivity index (χ0v) is 12.5. The van der Waals surface area contributed by atoms with Gasteiger partial charge in [0.05, 0.1) is 12.8 Å². The molecular formula is C15H24N4O. The van der Waals surface area contributed by atoms with E-state index in [-0.39, 0.29) is 6.04 Å². The van der Waals surface area contributed by atoms with Crippen LogP contribution in [-0.2, 0) is 0 Å². The van der Waals surface area contributed by atoms with Crippen molar-refractivity contribution in [2.24, 2.45) is 10.7 Å². The number of methoxy groups -OCH3 is 1.